The van der Waals surface area contributed by atoms with Gasteiger partial charge in [0, 0.05) is 5.56 Å². The molecule has 2 rings (SSSR count). The smallest absolute Gasteiger partial charge is 0.267 e. The molecule has 0 aliphatic heterocycles. The minimum Gasteiger partial charge on any atom is -0.267 e. The second-order valence-corrected chi connectivity index (χ2v) is 3.16. The molecule has 0 amide bonds. The molecule has 0 aliphatic carbocycles. The third kappa shape index (κ3) is 1.79. The van der Waals surface area contributed by atoms with E-state index in [1.54, 1.807) is 18.3 Å². The van der Waals surface area contributed by atoms with Gasteiger partial charge in [-0.05, 0) is 18.6 Å². The molecule has 4 nitrogen and oxygen atoms in total. The lowest BCUT2D eigenvalue weighted by atomic mass is 10.2. The van der Waals surface area contributed by atoms with Crippen molar-refractivity contribution in [3.05, 3.63) is 47.8 Å². The number of aryl methyl sites for hydroxylation is 1. The molecule has 76 valence electrons. The van der Waals surface area contributed by atoms with E-state index in [9.17, 15) is 4.79 Å². The first-order valence-corrected chi connectivity index (χ1v) is 4.82. The highest BCUT2D eigenvalue weighted by molar-refractivity contribution is 5.95. The molecule has 0 radical (unpaired) electrons. The van der Waals surface area contributed by atoms with Gasteiger partial charge >= 0.3 is 0 Å². The highest BCUT2D eigenvalue weighted by atomic mass is 16.2. The van der Waals surface area contributed by atoms with Gasteiger partial charge in [-0.15, -0.1) is 5.10 Å². The van der Waals surface area contributed by atoms with E-state index in [-0.39, 0.29) is 5.91 Å². The van der Waals surface area contributed by atoms with Gasteiger partial charge in [-0.3, -0.25) is 4.79 Å². The molecule has 15 heavy (non-hydrogen) atoms. The van der Waals surface area contributed by atoms with Crippen molar-refractivity contribution in [3.63, 3.8) is 0 Å². The number of carbonyl (C=O) groups is 1. The zero-order valence-electron chi connectivity index (χ0n) is 8.42. The van der Waals surface area contributed by atoms with Crippen molar-refractivity contribution >= 4 is 5.91 Å². The third-order valence-electron chi connectivity index (χ3n) is 2.20. The Morgan fingerprint density at radius 2 is 2.07 bits per heavy atom. The van der Waals surface area contributed by atoms with Crippen LogP contribution in [0.25, 0.3) is 0 Å². The molecule has 0 spiro atoms. The average molecular weight is 201 g/mol. The van der Waals surface area contributed by atoms with Crippen LogP contribution >= 0.6 is 0 Å². The molecule has 0 bridgehead atoms. The van der Waals surface area contributed by atoms with Gasteiger partial charge < -0.3 is 0 Å². The lowest BCUT2D eigenvalue weighted by Crippen LogP contribution is -2.16. The van der Waals surface area contributed by atoms with Crippen molar-refractivity contribution in [2.45, 2.75) is 13.3 Å². The summed E-state index contributed by atoms with van der Waals surface area (Å²) in [7, 11) is 0. The van der Waals surface area contributed by atoms with Crippen molar-refractivity contribution in [3.8, 4) is 0 Å². The molecule has 1 aromatic heterocycles. The SMILES string of the molecule is CCc1cnnn1C(=O)c1ccccc1. The minimum atomic E-state index is -0.134. The van der Waals surface area contributed by atoms with Gasteiger partial charge in [0.15, 0.2) is 0 Å². The van der Waals surface area contributed by atoms with Crippen molar-refractivity contribution < 1.29 is 4.79 Å². The molecule has 0 unspecified atom stereocenters. The summed E-state index contributed by atoms with van der Waals surface area (Å²) in [6, 6.07) is 9.07. The predicted octanol–water partition coefficient (Wildman–Crippen LogP) is 1.53. The molecule has 0 aliphatic rings. The number of rotatable bonds is 2. The Bertz CT molecular complexity index is 462. The van der Waals surface area contributed by atoms with Crippen LogP contribution in [0.3, 0.4) is 0 Å². The van der Waals surface area contributed by atoms with Gasteiger partial charge in [0.2, 0.25) is 0 Å². The number of aromatic nitrogens is 3. The van der Waals surface area contributed by atoms with Gasteiger partial charge in [0.1, 0.15) is 0 Å². The number of hydrogen-bond donors (Lipinski definition) is 0. The maximum atomic E-state index is 11.9. The van der Waals surface area contributed by atoms with Crippen LogP contribution in [0.5, 0.6) is 0 Å². The largest absolute Gasteiger partial charge is 0.279 e. The standard InChI is InChI=1S/C11H11N3O/c1-2-10-8-12-13-14(10)11(15)9-6-4-3-5-7-9/h3-8H,2H2,1H3. The first kappa shape index (κ1) is 9.58. The monoisotopic (exact) mass is 201 g/mol. The Hall–Kier alpha value is -1.97. The Morgan fingerprint density at radius 1 is 1.33 bits per heavy atom. The van der Waals surface area contributed by atoms with Crippen LogP contribution in [0.4, 0.5) is 0 Å². The fourth-order valence-corrected chi connectivity index (χ4v) is 1.37. The van der Waals surface area contributed by atoms with Crippen LogP contribution in [0, 0.1) is 0 Å². The first-order chi connectivity index (χ1) is 7.33. The van der Waals surface area contributed by atoms with Gasteiger partial charge in [-0.2, -0.15) is 4.68 Å². The van der Waals surface area contributed by atoms with Crippen LogP contribution < -0.4 is 0 Å². The summed E-state index contributed by atoms with van der Waals surface area (Å²) in [6.07, 6.45) is 2.35. The highest BCUT2D eigenvalue weighted by Gasteiger charge is 2.12. The fraction of sp³-hybridized carbons (Fsp3) is 0.182. The molecule has 1 heterocycles. The van der Waals surface area contributed by atoms with E-state index >= 15 is 0 Å². The molecular weight excluding hydrogens is 190 g/mol. The molecule has 0 saturated carbocycles. The van der Waals surface area contributed by atoms with E-state index in [0.717, 1.165) is 12.1 Å². The second-order valence-electron chi connectivity index (χ2n) is 3.16. The van der Waals surface area contributed by atoms with Gasteiger partial charge in [0.05, 0.1) is 11.9 Å². The number of nitrogens with zero attached hydrogens (tertiary/aromatic N) is 3. The van der Waals surface area contributed by atoms with Gasteiger partial charge in [0.25, 0.3) is 5.91 Å². The number of benzene rings is 1. The normalized spacial score (nSPS) is 10.2. The maximum absolute atomic E-state index is 11.9. The lowest BCUT2D eigenvalue weighted by molar-refractivity contribution is 0.0939. The second kappa shape index (κ2) is 4.04. The molecule has 4 heteroatoms. The van der Waals surface area contributed by atoms with Crippen LogP contribution in [-0.4, -0.2) is 20.9 Å². The molecule has 0 saturated heterocycles. The Balaban J connectivity index is 2.37. The van der Waals surface area contributed by atoms with Gasteiger partial charge in [-0.1, -0.05) is 30.3 Å². The Kier molecular flexibility index (Phi) is 2.58. The van der Waals surface area contributed by atoms with Crippen LogP contribution in [0.1, 0.15) is 23.0 Å². The molecule has 1 aromatic carbocycles. The Morgan fingerprint density at radius 3 is 2.73 bits per heavy atom. The van der Waals surface area contributed by atoms with Crippen LogP contribution in [0.2, 0.25) is 0 Å². The summed E-state index contributed by atoms with van der Waals surface area (Å²) in [5.74, 6) is -0.134. The zero-order valence-corrected chi connectivity index (χ0v) is 8.42. The zero-order chi connectivity index (χ0) is 10.7. The Labute approximate surface area is 87.5 Å². The molecule has 0 N–H and O–H groups in total. The summed E-state index contributed by atoms with van der Waals surface area (Å²) >= 11 is 0. The van der Waals surface area contributed by atoms with Crippen molar-refractivity contribution in [2.75, 3.05) is 0 Å². The average Bonchev–Trinajstić information content (AvgIpc) is 2.77. The van der Waals surface area contributed by atoms with E-state index < -0.39 is 0 Å². The minimum absolute atomic E-state index is 0.134. The van der Waals surface area contributed by atoms with E-state index in [4.69, 9.17) is 0 Å². The van der Waals surface area contributed by atoms with Crippen LogP contribution in [-0.2, 0) is 6.42 Å². The topological polar surface area (TPSA) is 47.8 Å². The summed E-state index contributed by atoms with van der Waals surface area (Å²) in [5, 5.41) is 7.51. The fourth-order valence-electron chi connectivity index (χ4n) is 1.37. The predicted molar refractivity (Wildman–Crippen MR) is 55.6 cm³/mol. The molecule has 2 aromatic rings. The van der Waals surface area contributed by atoms with Crippen molar-refractivity contribution in [1.82, 2.24) is 15.0 Å². The van der Waals surface area contributed by atoms with E-state index in [1.165, 1.54) is 4.68 Å². The highest BCUT2D eigenvalue weighted by Crippen LogP contribution is 2.04. The number of hydrogen-bond acceptors (Lipinski definition) is 3. The van der Waals surface area contributed by atoms with Crippen molar-refractivity contribution in [1.29, 1.82) is 0 Å². The molecule has 0 atom stereocenters. The quantitative estimate of drug-likeness (QED) is 0.740. The first-order valence-electron chi connectivity index (χ1n) is 4.82. The van der Waals surface area contributed by atoms with E-state index in [1.807, 2.05) is 25.1 Å². The molecule has 0 fully saturated rings. The summed E-state index contributed by atoms with van der Waals surface area (Å²) in [4.78, 5) is 11.9. The summed E-state index contributed by atoms with van der Waals surface area (Å²) in [6.45, 7) is 1.97. The van der Waals surface area contributed by atoms with E-state index in [2.05, 4.69) is 10.3 Å². The number of carbonyl (C=O) groups excluding carboxylic acids is 1. The maximum Gasteiger partial charge on any atom is 0.279 e. The van der Waals surface area contributed by atoms with E-state index in [0.29, 0.717) is 5.56 Å². The van der Waals surface area contributed by atoms with Gasteiger partial charge in [-0.25, -0.2) is 0 Å². The third-order valence-corrected chi connectivity index (χ3v) is 2.20. The van der Waals surface area contributed by atoms with Crippen LogP contribution in [0.15, 0.2) is 36.5 Å². The van der Waals surface area contributed by atoms with Crippen molar-refractivity contribution in [2.24, 2.45) is 0 Å². The summed E-state index contributed by atoms with van der Waals surface area (Å²) < 4.78 is 1.34. The molecular formula is C11H11N3O. The summed E-state index contributed by atoms with van der Waals surface area (Å²) in [5.41, 5.74) is 1.45. The lowest BCUT2D eigenvalue weighted by Gasteiger charge is -2.02.